The molecule has 2 heterocycles. The zero-order valence-corrected chi connectivity index (χ0v) is 11.4. The van der Waals surface area contributed by atoms with Crippen molar-refractivity contribution < 1.29 is 9.90 Å². The van der Waals surface area contributed by atoms with Crippen molar-refractivity contribution in [1.29, 1.82) is 0 Å². The molecule has 20 heavy (non-hydrogen) atoms. The van der Waals surface area contributed by atoms with Crippen molar-refractivity contribution in [2.24, 2.45) is 0 Å². The number of anilines is 1. The van der Waals surface area contributed by atoms with E-state index in [1.54, 1.807) is 29.7 Å². The third kappa shape index (κ3) is 2.42. The van der Waals surface area contributed by atoms with Crippen LogP contribution in [0.4, 0.5) is 5.69 Å². The van der Waals surface area contributed by atoms with Crippen LogP contribution in [0.25, 0.3) is 5.65 Å². The Morgan fingerprint density at radius 2 is 2.05 bits per heavy atom. The molecule has 0 saturated carbocycles. The number of imidazole rings is 1. The number of fused-ring (bicyclic) bond motifs is 1. The highest BCUT2D eigenvalue weighted by molar-refractivity contribution is 5.88. The predicted molar refractivity (Wildman–Crippen MR) is 79.5 cm³/mol. The first-order valence-corrected chi connectivity index (χ1v) is 6.27. The second kappa shape index (κ2) is 5.61. The highest BCUT2D eigenvalue weighted by Gasteiger charge is 2.16. The second-order valence-electron chi connectivity index (χ2n) is 4.45. The van der Waals surface area contributed by atoms with Crippen molar-refractivity contribution in [3.8, 4) is 0 Å². The Morgan fingerprint density at radius 1 is 1.40 bits per heavy atom. The van der Waals surface area contributed by atoms with Crippen LogP contribution in [-0.4, -0.2) is 33.6 Å². The average Bonchev–Trinajstić information content (AvgIpc) is 2.73. The minimum absolute atomic E-state index is 0.194. The summed E-state index contributed by atoms with van der Waals surface area (Å²) in [5, 5.41) is 9.28. The minimum atomic E-state index is -0.980. The zero-order chi connectivity index (χ0) is 14.7. The number of aromatic carboxylic acids is 1. The molecule has 0 atom stereocenters. The number of carbonyl (C=O) groups is 1. The molecular formula is C15H17N3O2. The van der Waals surface area contributed by atoms with Crippen LogP contribution in [0.15, 0.2) is 43.6 Å². The number of carboxylic acid groups (broad SMARTS) is 1. The van der Waals surface area contributed by atoms with E-state index in [1.807, 2.05) is 17.0 Å². The van der Waals surface area contributed by atoms with Crippen molar-refractivity contribution in [3.05, 3.63) is 55.0 Å². The van der Waals surface area contributed by atoms with Crippen LogP contribution in [-0.2, 0) is 0 Å². The molecule has 1 N–H and O–H groups in total. The van der Waals surface area contributed by atoms with Gasteiger partial charge in [0.2, 0.25) is 0 Å². The molecule has 0 aliphatic rings. The SMILES string of the molecule is C=CCN(CC=C)c1ccc2nc(C)c(C(=O)O)n2c1. The second-order valence-corrected chi connectivity index (χ2v) is 4.45. The normalized spacial score (nSPS) is 10.4. The number of hydrogen-bond donors (Lipinski definition) is 1. The van der Waals surface area contributed by atoms with Gasteiger partial charge in [0.25, 0.3) is 0 Å². The van der Waals surface area contributed by atoms with E-state index in [0.717, 1.165) is 5.69 Å². The van der Waals surface area contributed by atoms with Gasteiger partial charge in [-0.2, -0.15) is 0 Å². The lowest BCUT2D eigenvalue weighted by atomic mass is 10.3. The van der Waals surface area contributed by atoms with E-state index in [-0.39, 0.29) is 5.69 Å². The molecule has 2 aromatic rings. The summed E-state index contributed by atoms with van der Waals surface area (Å²) in [5.74, 6) is -0.980. The summed E-state index contributed by atoms with van der Waals surface area (Å²) >= 11 is 0. The number of aromatic nitrogens is 2. The van der Waals surface area contributed by atoms with Crippen molar-refractivity contribution in [3.63, 3.8) is 0 Å². The van der Waals surface area contributed by atoms with Crippen molar-refractivity contribution in [2.45, 2.75) is 6.92 Å². The van der Waals surface area contributed by atoms with Crippen LogP contribution in [0.5, 0.6) is 0 Å². The van der Waals surface area contributed by atoms with Crippen molar-refractivity contribution >= 4 is 17.3 Å². The van der Waals surface area contributed by atoms with Crippen molar-refractivity contribution in [2.75, 3.05) is 18.0 Å². The molecule has 0 saturated heterocycles. The van der Waals surface area contributed by atoms with Crippen LogP contribution < -0.4 is 4.90 Å². The van der Waals surface area contributed by atoms with Gasteiger partial charge in [0.15, 0.2) is 5.69 Å². The number of nitrogens with zero attached hydrogens (tertiary/aromatic N) is 3. The smallest absolute Gasteiger partial charge is 0.354 e. The molecule has 0 fully saturated rings. The molecule has 5 heteroatoms. The van der Waals surface area contributed by atoms with E-state index < -0.39 is 5.97 Å². The predicted octanol–water partition coefficient (Wildman–Crippen LogP) is 2.52. The Bertz CT molecular complexity index is 663. The largest absolute Gasteiger partial charge is 0.477 e. The molecule has 0 bridgehead atoms. The maximum absolute atomic E-state index is 11.3. The molecule has 0 aliphatic heterocycles. The molecule has 104 valence electrons. The van der Waals surface area contributed by atoms with Crippen molar-refractivity contribution in [1.82, 2.24) is 9.38 Å². The Morgan fingerprint density at radius 3 is 2.60 bits per heavy atom. The van der Waals surface area contributed by atoms with E-state index in [0.29, 0.717) is 24.4 Å². The molecule has 2 rings (SSSR count). The number of rotatable bonds is 6. The van der Waals surface area contributed by atoms with Gasteiger partial charge in [0.05, 0.1) is 11.4 Å². The summed E-state index contributed by atoms with van der Waals surface area (Å²) in [5.41, 5.74) is 2.23. The standard InChI is InChI=1S/C15H17N3O2/c1-4-8-17(9-5-2)12-6-7-13-16-11(3)14(15(19)20)18(13)10-12/h4-7,10H,1-2,8-9H2,3H3,(H,19,20). The van der Waals surface area contributed by atoms with Crippen LogP contribution >= 0.6 is 0 Å². The quantitative estimate of drug-likeness (QED) is 0.820. The average molecular weight is 271 g/mol. The molecule has 0 aromatic carbocycles. The Kier molecular flexibility index (Phi) is 3.89. The highest BCUT2D eigenvalue weighted by atomic mass is 16.4. The number of carboxylic acids is 1. The van der Waals surface area contributed by atoms with Crippen LogP contribution in [0, 0.1) is 6.92 Å². The molecule has 0 spiro atoms. The molecule has 0 aliphatic carbocycles. The third-order valence-electron chi connectivity index (χ3n) is 3.04. The van der Waals surface area contributed by atoms with Gasteiger partial charge < -0.3 is 10.0 Å². The summed E-state index contributed by atoms with van der Waals surface area (Å²) in [6.45, 7) is 10.5. The Hall–Kier alpha value is -2.56. The zero-order valence-electron chi connectivity index (χ0n) is 11.4. The monoisotopic (exact) mass is 271 g/mol. The fourth-order valence-electron chi connectivity index (χ4n) is 2.19. The van der Waals surface area contributed by atoms with E-state index >= 15 is 0 Å². The van der Waals surface area contributed by atoms with Gasteiger partial charge in [0, 0.05) is 19.3 Å². The summed E-state index contributed by atoms with van der Waals surface area (Å²) in [6.07, 6.45) is 5.38. The van der Waals surface area contributed by atoms with Crippen LogP contribution in [0.1, 0.15) is 16.2 Å². The molecule has 5 nitrogen and oxygen atoms in total. The van der Waals surface area contributed by atoms with Gasteiger partial charge in [-0.15, -0.1) is 13.2 Å². The van der Waals surface area contributed by atoms with Crippen LogP contribution in [0.3, 0.4) is 0 Å². The lowest BCUT2D eigenvalue weighted by Gasteiger charge is -2.21. The molecule has 0 radical (unpaired) electrons. The maximum atomic E-state index is 11.3. The van der Waals surface area contributed by atoms with Gasteiger partial charge in [-0.05, 0) is 19.1 Å². The molecule has 0 unspecified atom stereocenters. The highest BCUT2D eigenvalue weighted by Crippen LogP contribution is 2.19. The number of aryl methyl sites for hydroxylation is 1. The molecular weight excluding hydrogens is 254 g/mol. The minimum Gasteiger partial charge on any atom is -0.477 e. The Labute approximate surface area is 117 Å². The summed E-state index contributed by atoms with van der Waals surface area (Å²) in [4.78, 5) is 17.6. The summed E-state index contributed by atoms with van der Waals surface area (Å²) in [7, 11) is 0. The van der Waals surface area contributed by atoms with E-state index in [2.05, 4.69) is 18.1 Å². The molecule has 0 amide bonds. The first-order chi connectivity index (χ1) is 9.58. The van der Waals surface area contributed by atoms with Crippen LogP contribution in [0.2, 0.25) is 0 Å². The van der Waals surface area contributed by atoms with Gasteiger partial charge in [-0.25, -0.2) is 9.78 Å². The fraction of sp³-hybridized carbons (Fsp3) is 0.200. The topological polar surface area (TPSA) is 57.8 Å². The summed E-state index contributed by atoms with van der Waals surface area (Å²) < 4.78 is 1.60. The summed E-state index contributed by atoms with van der Waals surface area (Å²) in [6, 6.07) is 3.73. The van der Waals surface area contributed by atoms with Gasteiger partial charge in [-0.3, -0.25) is 4.40 Å². The van der Waals surface area contributed by atoms with Gasteiger partial charge in [0.1, 0.15) is 5.65 Å². The molecule has 2 aromatic heterocycles. The van der Waals surface area contributed by atoms with E-state index in [1.165, 1.54) is 0 Å². The first-order valence-electron chi connectivity index (χ1n) is 6.27. The van der Waals surface area contributed by atoms with E-state index in [4.69, 9.17) is 0 Å². The fourth-order valence-corrected chi connectivity index (χ4v) is 2.19. The lowest BCUT2D eigenvalue weighted by Crippen LogP contribution is -2.23. The number of pyridine rings is 1. The third-order valence-corrected chi connectivity index (χ3v) is 3.04. The van der Waals surface area contributed by atoms with Gasteiger partial charge >= 0.3 is 5.97 Å². The number of hydrogen-bond acceptors (Lipinski definition) is 3. The lowest BCUT2D eigenvalue weighted by molar-refractivity contribution is 0.0688. The van der Waals surface area contributed by atoms with Gasteiger partial charge in [-0.1, -0.05) is 12.2 Å². The first kappa shape index (κ1) is 13.9. The maximum Gasteiger partial charge on any atom is 0.354 e. The Balaban J connectivity index is 2.56. The van der Waals surface area contributed by atoms with E-state index in [9.17, 15) is 9.90 Å².